The summed E-state index contributed by atoms with van der Waals surface area (Å²) < 4.78 is 24.3. The fraction of sp³-hybridized carbons (Fsp3) is 0.636. The van der Waals surface area contributed by atoms with Gasteiger partial charge in [-0.25, -0.2) is 22.7 Å². The predicted molar refractivity (Wildman–Crippen MR) is 84.0 cm³/mol. The number of nitrogens with zero attached hydrogens (tertiary/aromatic N) is 3. The van der Waals surface area contributed by atoms with Crippen LogP contribution in [0, 0.1) is 0 Å². The number of sulfonamides is 1. The zero-order chi connectivity index (χ0) is 15.2. The molecule has 0 amide bonds. The Morgan fingerprint density at radius 1 is 1.45 bits per heavy atom. The van der Waals surface area contributed by atoms with Gasteiger partial charge < -0.3 is 5.32 Å². The first-order valence-corrected chi connectivity index (χ1v) is 9.59. The Morgan fingerprint density at radius 3 is 2.70 bits per heavy atom. The topological polar surface area (TPSA) is 75.2 Å². The molecule has 1 aromatic heterocycles. The number of hydrogen-bond acceptors (Lipinski definition) is 6. The molecule has 20 heavy (non-hydrogen) atoms. The average Bonchev–Trinajstić information content (AvgIpc) is 2.36. The van der Waals surface area contributed by atoms with Gasteiger partial charge in [-0.1, -0.05) is 30.3 Å². The lowest BCUT2D eigenvalue weighted by Crippen LogP contribution is -2.31. The molecule has 0 fully saturated rings. The second-order valence-electron chi connectivity index (χ2n) is 4.10. The van der Waals surface area contributed by atoms with Crippen molar-refractivity contribution in [1.82, 2.24) is 14.3 Å². The number of thioether (sulfide) groups is 1. The van der Waals surface area contributed by atoms with E-state index >= 15 is 0 Å². The van der Waals surface area contributed by atoms with E-state index in [0.717, 1.165) is 0 Å². The maximum atomic E-state index is 11.4. The van der Waals surface area contributed by atoms with Crippen LogP contribution in [0.15, 0.2) is 11.2 Å². The Bertz CT molecular complexity index is 539. The molecule has 0 aliphatic rings. The largest absolute Gasteiger partial charge is 0.370 e. The fourth-order valence-corrected chi connectivity index (χ4v) is 3.15. The van der Waals surface area contributed by atoms with Gasteiger partial charge in [-0.2, -0.15) is 0 Å². The summed E-state index contributed by atoms with van der Waals surface area (Å²) >= 11 is 7.30. The minimum Gasteiger partial charge on any atom is -0.370 e. The first-order valence-electron chi connectivity index (χ1n) is 6.14. The number of anilines is 1. The standard InChI is InChI=1S/C11H19ClN4O2S2/c1-4-16(20(3,17)18)7-5-6-13-10-8-9(12)14-11(15-10)19-2/h8H,4-7H2,1-3H3,(H,13,14,15). The van der Waals surface area contributed by atoms with Crippen LogP contribution in [-0.2, 0) is 10.0 Å². The van der Waals surface area contributed by atoms with E-state index in [0.29, 0.717) is 42.2 Å². The highest BCUT2D eigenvalue weighted by Crippen LogP contribution is 2.17. The summed E-state index contributed by atoms with van der Waals surface area (Å²) in [7, 11) is -3.12. The SMILES string of the molecule is CCN(CCCNc1cc(Cl)nc(SC)n1)S(C)(=O)=O. The van der Waals surface area contributed by atoms with Crippen molar-refractivity contribution < 1.29 is 8.42 Å². The summed E-state index contributed by atoms with van der Waals surface area (Å²) in [4.78, 5) is 8.31. The zero-order valence-corrected chi connectivity index (χ0v) is 14.1. The Hall–Kier alpha value is -0.570. The summed E-state index contributed by atoms with van der Waals surface area (Å²) in [6, 6.07) is 1.65. The third kappa shape index (κ3) is 5.82. The van der Waals surface area contributed by atoms with Crippen molar-refractivity contribution >= 4 is 39.2 Å². The van der Waals surface area contributed by atoms with E-state index in [1.54, 1.807) is 6.07 Å². The van der Waals surface area contributed by atoms with Crippen molar-refractivity contribution in [2.24, 2.45) is 0 Å². The minimum atomic E-state index is -3.12. The highest BCUT2D eigenvalue weighted by molar-refractivity contribution is 7.98. The molecule has 0 bridgehead atoms. The molecule has 0 aliphatic carbocycles. The molecular formula is C11H19ClN4O2S2. The van der Waals surface area contributed by atoms with Gasteiger partial charge >= 0.3 is 0 Å². The molecule has 0 aliphatic heterocycles. The van der Waals surface area contributed by atoms with Crippen LogP contribution in [0.2, 0.25) is 5.15 Å². The molecule has 0 aromatic carbocycles. The molecule has 1 N–H and O–H groups in total. The number of hydrogen-bond donors (Lipinski definition) is 1. The van der Waals surface area contributed by atoms with Gasteiger partial charge in [0, 0.05) is 25.7 Å². The highest BCUT2D eigenvalue weighted by Gasteiger charge is 2.13. The Morgan fingerprint density at radius 2 is 2.15 bits per heavy atom. The molecule has 0 spiro atoms. The highest BCUT2D eigenvalue weighted by atomic mass is 35.5. The molecule has 6 nitrogen and oxygen atoms in total. The lowest BCUT2D eigenvalue weighted by molar-refractivity contribution is 0.428. The molecule has 1 heterocycles. The van der Waals surface area contributed by atoms with Crippen molar-refractivity contribution in [1.29, 1.82) is 0 Å². The van der Waals surface area contributed by atoms with Crippen LogP contribution < -0.4 is 5.32 Å². The van der Waals surface area contributed by atoms with E-state index in [9.17, 15) is 8.42 Å². The van der Waals surface area contributed by atoms with Crippen molar-refractivity contribution in [2.75, 3.05) is 37.5 Å². The Balaban J connectivity index is 2.47. The first kappa shape index (κ1) is 17.5. The second-order valence-corrected chi connectivity index (χ2v) is 7.24. The van der Waals surface area contributed by atoms with Crippen molar-refractivity contribution in [3.63, 3.8) is 0 Å². The third-order valence-electron chi connectivity index (χ3n) is 2.57. The van der Waals surface area contributed by atoms with Crippen LogP contribution in [0.1, 0.15) is 13.3 Å². The van der Waals surface area contributed by atoms with Crippen LogP contribution in [0.4, 0.5) is 5.82 Å². The van der Waals surface area contributed by atoms with E-state index in [2.05, 4.69) is 15.3 Å². The number of rotatable bonds is 8. The van der Waals surface area contributed by atoms with Crippen molar-refractivity contribution in [3.05, 3.63) is 11.2 Å². The molecule has 1 aromatic rings. The van der Waals surface area contributed by atoms with E-state index in [1.165, 1.54) is 22.3 Å². The predicted octanol–water partition coefficient (Wildman–Crippen LogP) is 1.94. The second kappa shape index (κ2) is 8.02. The molecule has 0 saturated heterocycles. The van der Waals surface area contributed by atoms with Gasteiger partial charge in [-0.3, -0.25) is 0 Å². The van der Waals surface area contributed by atoms with Gasteiger partial charge in [0.1, 0.15) is 11.0 Å². The van der Waals surface area contributed by atoms with E-state index in [4.69, 9.17) is 11.6 Å². The van der Waals surface area contributed by atoms with Crippen LogP contribution in [0.25, 0.3) is 0 Å². The molecule has 0 unspecified atom stereocenters. The average molecular weight is 339 g/mol. The summed E-state index contributed by atoms with van der Waals surface area (Å²) in [6.45, 7) is 3.40. The number of halogens is 1. The number of nitrogens with one attached hydrogen (secondary N) is 1. The lowest BCUT2D eigenvalue weighted by atomic mass is 10.4. The maximum absolute atomic E-state index is 11.4. The van der Waals surface area contributed by atoms with Crippen LogP contribution in [-0.4, -0.2) is 54.8 Å². The van der Waals surface area contributed by atoms with Crippen LogP contribution in [0.3, 0.4) is 0 Å². The molecule has 0 radical (unpaired) electrons. The van der Waals surface area contributed by atoms with E-state index < -0.39 is 10.0 Å². The molecule has 9 heteroatoms. The smallest absolute Gasteiger partial charge is 0.211 e. The maximum Gasteiger partial charge on any atom is 0.211 e. The summed E-state index contributed by atoms with van der Waals surface area (Å²) in [5, 5.41) is 4.11. The fourth-order valence-electron chi connectivity index (χ4n) is 1.61. The Kier molecular flexibility index (Phi) is 7.01. The van der Waals surface area contributed by atoms with Gasteiger partial charge in [0.25, 0.3) is 0 Å². The molecule has 114 valence electrons. The first-order chi connectivity index (χ1) is 9.36. The summed E-state index contributed by atoms with van der Waals surface area (Å²) in [5.41, 5.74) is 0. The third-order valence-corrected chi connectivity index (χ3v) is 4.69. The van der Waals surface area contributed by atoms with Gasteiger partial charge in [0.2, 0.25) is 10.0 Å². The normalized spacial score (nSPS) is 11.8. The van der Waals surface area contributed by atoms with Gasteiger partial charge in [0.15, 0.2) is 5.16 Å². The van der Waals surface area contributed by atoms with E-state index in [-0.39, 0.29) is 0 Å². The lowest BCUT2D eigenvalue weighted by Gasteiger charge is -2.17. The van der Waals surface area contributed by atoms with Gasteiger partial charge in [-0.15, -0.1) is 0 Å². The van der Waals surface area contributed by atoms with Crippen LogP contribution >= 0.6 is 23.4 Å². The summed E-state index contributed by atoms with van der Waals surface area (Å²) in [6.07, 6.45) is 3.79. The molecule has 0 saturated carbocycles. The molecular weight excluding hydrogens is 320 g/mol. The quantitative estimate of drug-likeness (QED) is 0.338. The minimum absolute atomic E-state index is 0.387. The monoisotopic (exact) mass is 338 g/mol. The van der Waals surface area contributed by atoms with Crippen LogP contribution in [0.5, 0.6) is 0 Å². The molecule has 1 rings (SSSR count). The zero-order valence-electron chi connectivity index (χ0n) is 11.8. The summed E-state index contributed by atoms with van der Waals surface area (Å²) in [5.74, 6) is 0.650. The number of aromatic nitrogens is 2. The van der Waals surface area contributed by atoms with E-state index in [1.807, 2.05) is 13.2 Å². The van der Waals surface area contributed by atoms with Gasteiger partial charge in [0.05, 0.1) is 6.26 Å². The van der Waals surface area contributed by atoms with Crippen molar-refractivity contribution in [3.8, 4) is 0 Å². The van der Waals surface area contributed by atoms with Gasteiger partial charge in [-0.05, 0) is 12.7 Å². The molecule has 0 atom stereocenters. The Labute approximate surface area is 129 Å². The van der Waals surface area contributed by atoms with Crippen molar-refractivity contribution in [2.45, 2.75) is 18.5 Å².